The number of pyridine rings is 1. The van der Waals surface area contributed by atoms with E-state index >= 15 is 0 Å². The minimum Gasteiger partial charge on any atom is -0.305 e. The van der Waals surface area contributed by atoms with E-state index in [1.807, 2.05) is 24.3 Å². The Morgan fingerprint density at radius 2 is 1.59 bits per heavy atom. The molecule has 51 heavy (non-hydrogen) atoms. The summed E-state index contributed by atoms with van der Waals surface area (Å²) in [6, 6.07) is 17.1. The second-order valence-corrected chi connectivity index (χ2v) is 15.1. The fourth-order valence-corrected chi connectivity index (χ4v) is 8.38. The highest BCUT2D eigenvalue weighted by atomic mass is 19.1. The van der Waals surface area contributed by atoms with Crippen LogP contribution in [0.5, 0.6) is 0 Å². The summed E-state index contributed by atoms with van der Waals surface area (Å²) in [5.41, 5.74) is 2.94. The highest BCUT2D eigenvalue weighted by Gasteiger charge is 2.28. The number of likely N-dealkylation sites (tertiary alicyclic amines) is 1. The Morgan fingerprint density at radius 1 is 0.824 bits per heavy atom. The number of hydrogen-bond donors (Lipinski definition) is 0. The van der Waals surface area contributed by atoms with Crippen molar-refractivity contribution in [2.45, 2.75) is 76.8 Å². The van der Waals surface area contributed by atoms with Gasteiger partial charge in [0.15, 0.2) is 5.65 Å². The zero-order chi connectivity index (χ0) is 35.3. The smallest absolute Gasteiger partial charge is 0.305 e. The number of likely N-dealkylation sites (N-methyl/N-ethyl adjacent to an activating group) is 1. The van der Waals surface area contributed by atoms with Crippen molar-refractivity contribution in [3.8, 4) is 16.8 Å². The molecule has 0 unspecified atom stereocenters. The molecule has 2 aliphatic heterocycles. The van der Waals surface area contributed by atoms with Crippen LogP contribution in [0.3, 0.4) is 0 Å². The Bertz CT molecular complexity index is 1940. The highest BCUT2D eigenvalue weighted by Crippen LogP contribution is 2.33. The van der Waals surface area contributed by atoms with E-state index in [-0.39, 0.29) is 23.0 Å². The summed E-state index contributed by atoms with van der Waals surface area (Å²) in [7, 11) is 2.18. The Labute approximate surface area is 299 Å². The van der Waals surface area contributed by atoms with Gasteiger partial charge in [-0.1, -0.05) is 42.8 Å². The third-order valence-electron chi connectivity index (χ3n) is 11.4. The maximum absolute atomic E-state index is 14.5. The molecule has 0 N–H and O–H groups in total. The lowest BCUT2D eigenvalue weighted by Crippen LogP contribution is -2.43. The third-order valence-corrected chi connectivity index (χ3v) is 11.4. The van der Waals surface area contributed by atoms with E-state index in [1.165, 1.54) is 46.4 Å². The minimum atomic E-state index is -0.621. The van der Waals surface area contributed by atoms with E-state index < -0.39 is 17.1 Å². The van der Waals surface area contributed by atoms with Crippen molar-refractivity contribution in [2.75, 3.05) is 52.9 Å². The van der Waals surface area contributed by atoms with Gasteiger partial charge in [-0.3, -0.25) is 19.1 Å². The van der Waals surface area contributed by atoms with Crippen molar-refractivity contribution in [3.05, 3.63) is 93.0 Å². The molecule has 0 spiro atoms. The first-order valence-corrected chi connectivity index (χ1v) is 19.0. The van der Waals surface area contributed by atoms with E-state index in [1.54, 1.807) is 0 Å². The first-order chi connectivity index (χ1) is 24.8. The molecule has 0 bridgehead atoms. The number of benzene rings is 2. The van der Waals surface area contributed by atoms with Crippen molar-refractivity contribution in [1.82, 2.24) is 28.8 Å². The maximum atomic E-state index is 14.5. The number of carbonyl (C=O) groups excluding carboxylic acids is 1. The number of ketones is 1. The third kappa shape index (κ3) is 8.40. The monoisotopic (exact) mass is 694 g/mol. The average Bonchev–Trinajstić information content (AvgIpc) is 3.36. The van der Waals surface area contributed by atoms with Crippen LogP contribution in [0.1, 0.15) is 75.8 Å². The number of piperidine rings is 1. The standard InChI is InChI=1S/C41H51FN6O3/c1-44-18-6-21-46(24-23-44)29-31-9-13-32(14-10-31)33-7-5-8-36(26-33)47-39-38(27-34(42)28-43-39)40(50)48(41(47)51)35-15-11-30(12-16-35)25-37(49)17-22-45-19-3-2-4-20-45/h5,7-10,13-14,26-28,30,35H,2-4,6,11-12,15-25,29H2,1H3. The van der Waals surface area contributed by atoms with Crippen LogP contribution in [0.4, 0.5) is 4.39 Å². The molecule has 1 saturated carbocycles. The Morgan fingerprint density at radius 3 is 2.37 bits per heavy atom. The molecule has 10 heteroatoms. The van der Waals surface area contributed by atoms with Crippen LogP contribution >= 0.6 is 0 Å². The fourth-order valence-electron chi connectivity index (χ4n) is 8.38. The SMILES string of the molecule is CN1CCCN(Cc2ccc(-c3cccc(-n4c(=O)n(C5CCC(CC(=O)CCN6CCCCC6)CC5)c(=O)c5cc(F)cnc54)c3)cc2)CC1. The zero-order valence-electron chi connectivity index (χ0n) is 29.9. The predicted octanol–water partition coefficient (Wildman–Crippen LogP) is 6.06. The number of carbonyl (C=O) groups is 1. The van der Waals surface area contributed by atoms with Gasteiger partial charge in [-0.25, -0.2) is 18.7 Å². The Hall–Kier alpha value is -3.99. The Kier molecular flexibility index (Phi) is 11.2. The van der Waals surface area contributed by atoms with Gasteiger partial charge in [0.1, 0.15) is 11.6 Å². The van der Waals surface area contributed by atoms with E-state index in [2.05, 4.69) is 51.0 Å². The number of hydrogen-bond acceptors (Lipinski definition) is 7. The van der Waals surface area contributed by atoms with E-state index in [4.69, 9.17) is 0 Å². The van der Waals surface area contributed by atoms with E-state index in [0.717, 1.165) is 82.5 Å². The number of nitrogens with zero attached hydrogens (tertiary/aromatic N) is 6. The van der Waals surface area contributed by atoms with Gasteiger partial charge in [0, 0.05) is 45.1 Å². The number of fused-ring (bicyclic) bond motifs is 1. The summed E-state index contributed by atoms with van der Waals surface area (Å²) in [5.74, 6) is -0.0679. The Balaban J connectivity index is 1.10. The molecular weight excluding hydrogens is 643 g/mol. The van der Waals surface area contributed by atoms with Crippen molar-refractivity contribution < 1.29 is 9.18 Å². The molecule has 2 aromatic carbocycles. The van der Waals surface area contributed by atoms with Gasteiger partial charge in [0.05, 0.1) is 17.3 Å². The average molecular weight is 695 g/mol. The molecule has 3 fully saturated rings. The molecule has 0 radical (unpaired) electrons. The molecular formula is C41H51FN6O3. The van der Waals surface area contributed by atoms with Crippen LogP contribution in [0.2, 0.25) is 0 Å². The summed E-state index contributed by atoms with van der Waals surface area (Å²) in [5, 5.41) is 0.0825. The molecule has 3 aliphatic rings. The van der Waals surface area contributed by atoms with Gasteiger partial charge >= 0.3 is 5.69 Å². The molecule has 7 rings (SSSR count). The summed E-state index contributed by atoms with van der Waals surface area (Å²) in [6.45, 7) is 8.30. The molecule has 2 saturated heterocycles. The summed E-state index contributed by atoms with van der Waals surface area (Å²) < 4.78 is 17.3. The molecule has 2 aromatic heterocycles. The molecule has 0 atom stereocenters. The topological polar surface area (TPSA) is 83.7 Å². The summed E-state index contributed by atoms with van der Waals surface area (Å²) in [6.07, 6.45) is 9.86. The van der Waals surface area contributed by atoms with Gasteiger partial charge in [-0.05, 0) is 119 Å². The minimum absolute atomic E-state index is 0.0825. The van der Waals surface area contributed by atoms with Crippen LogP contribution in [-0.2, 0) is 11.3 Å². The largest absolute Gasteiger partial charge is 0.337 e. The maximum Gasteiger partial charge on any atom is 0.337 e. The van der Waals surface area contributed by atoms with Crippen LogP contribution in [0.25, 0.3) is 27.8 Å². The van der Waals surface area contributed by atoms with Crippen LogP contribution in [-0.4, -0.2) is 87.5 Å². The second kappa shape index (κ2) is 16.1. The van der Waals surface area contributed by atoms with Crippen molar-refractivity contribution >= 4 is 16.8 Å². The molecule has 9 nitrogen and oxygen atoms in total. The zero-order valence-corrected chi connectivity index (χ0v) is 29.9. The van der Waals surface area contributed by atoms with Gasteiger partial charge in [0.25, 0.3) is 5.56 Å². The second-order valence-electron chi connectivity index (χ2n) is 15.1. The fraction of sp³-hybridized carbons (Fsp3) is 0.512. The molecule has 4 aromatic rings. The van der Waals surface area contributed by atoms with Crippen LogP contribution in [0, 0.1) is 11.7 Å². The highest BCUT2D eigenvalue weighted by molar-refractivity contribution is 5.79. The van der Waals surface area contributed by atoms with Gasteiger partial charge in [-0.2, -0.15) is 0 Å². The number of Topliss-reactive ketones (excluding diaryl/α,β-unsaturated/α-hetero) is 1. The van der Waals surface area contributed by atoms with Crippen molar-refractivity contribution in [1.29, 1.82) is 0 Å². The van der Waals surface area contributed by atoms with Crippen molar-refractivity contribution in [3.63, 3.8) is 0 Å². The molecule has 0 amide bonds. The summed E-state index contributed by atoms with van der Waals surface area (Å²) >= 11 is 0. The van der Waals surface area contributed by atoms with Gasteiger partial charge in [0.2, 0.25) is 0 Å². The predicted molar refractivity (Wildman–Crippen MR) is 200 cm³/mol. The first-order valence-electron chi connectivity index (χ1n) is 19.0. The van der Waals surface area contributed by atoms with E-state index in [9.17, 15) is 18.8 Å². The molecule has 4 heterocycles. The lowest BCUT2D eigenvalue weighted by atomic mass is 9.82. The van der Waals surface area contributed by atoms with Gasteiger partial charge in [-0.15, -0.1) is 0 Å². The number of rotatable bonds is 10. The van der Waals surface area contributed by atoms with Crippen molar-refractivity contribution in [2.24, 2.45) is 5.92 Å². The van der Waals surface area contributed by atoms with E-state index in [0.29, 0.717) is 37.2 Å². The van der Waals surface area contributed by atoms with Gasteiger partial charge < -0.3 is 9.80 Å². The molecule has 1 aliphatic carbocycles. The molecule has 270 valence electrons. The number of halogens is 1. The normalized spacial score (nSPS) is 21.1. The number of aromatic nitrogens is 3. The lowest BCUT2D eigenvalue weighted by molar-refractivity contribution is -0.120. The lowest BCUT2D eigenvalue weighted by Gasteiger charge is -2.30. The first kappa shape index (κ1) is 35.4. The van der Waals surface area contributed by atoms with Crippen LogP contribution < -0.4 is 11.2 Å². The quantitative estimate of drug-likeness (QED) is 0.200. The summed E-state index contributed by atoms with van der Waals surface area (Å²) in [4.78, 5) is 52.6. The van der Waals surface area contributed by atoms with Crippen LogP contribution in [0.15, 0.2) is 70.4 Å².